The number of aromatic hydroxyl groups is 1. The zero-order valence-corrected chi connectivity index (χ0v) is 24.7. The number of ether oxygens (including phenoxy) is 1. The summed E-state index contributed by atoms with van der Waals surface area (Å²) >= 11 is 0. The van der Waals surface area contributed by atoms with Crippen LogP contribution in [-0.2, 0) is 0 Å². The van der Waals surface area contributed by atoms with E-state index in [1.54, 1.807) is 12.1 Å². The molecular weight excluding hydrogens is 565 g/mol. The van der Waals surface area contributed by atoms with Gasteiger partial charge in [0.05, 0.1) is 11.1 Å². The van der Waals surface area contributed by atoms with Gasteiger partial charge in [-0.2, -0.15) is 9.97 Å². The molecule has 4 fully saturated rings. The van der Waals surface area contributed by atoms with Crippen LogP contribution < -0.4 is 9.64 Å². The maximum atomic E-state index is 16.8. The van der Waals surface area contributed by atoms with E-state index in [0.717, 1.165) is 32.5 Å². The first-order chi connectivity index (χ1) is 21.1. The van der Waals surface area contributed by atoms with Gasteiger partial charge in [-0.1, -0.05) is 31.9 Å². The number of anilines is 1. The minimum Gasteiger partial charge on any atom is -0.508 e. The van der Waals surface area contributed by atoms with E-state index in [2.05, 4.69) is 34.6 Å². The second-order valence-corrected chi connectivity index (χ2v) is 13.6. The fourth-order valence-corrected chi connectivity index (χ4v) is 8.37. The van der Waals surface area contributed by atoms with Crippen LogP contribution >= 0.6 is 0 Å². The van der Waals surface area contributed by atoms with Gasteiger partial charge in [-0.15, -0.1) is 6.42 Å². The molecule has 0 radical (unpaired) electrons. The summed E-state index contributed by atoms with van der Waals surface area (Å²) in [7, 11) is 0. The number of phenolic OH excluding ortho intramolecular Hbond substituents is 1. The van der Waals surface area contributed by atoms with Crippen LogP contribution in [0.5, 0.6) is 11.8 Å². The first kappa shape index (κ1) is 27.5. The van der Waals surface area contributed by atoms with Gasteiger partial charge in [-0.05, 0) is 71.9 Å². The van der Waals surface area contributed by atoms with E-state index in [9.17, 15) is 13.9 Å². The summed E-state index contributed by atoms with van der Waals surface area (Å²) in [6.07, 6.45) is 6.99. The van der Waals surface area contributed by atoms with Crippen molar-refractivity contribution in [3.63, 3.8) is 0 Å². The van der Waals surface area contributed by atoms with Crippen molar-refractivity contribution in [3.8, 4) is 35.2 Å². The van der Waals surface area contributed by atoms with Gasteiger partial charge in [0.25, 0.3) is 0 Å². The molecule has 0 spiro atoms. The Hall–Kier alpha value is -4.03. The maximum Gasteiger partial charge on any atom is 0.319 e. The number of fused-ring (bicyclic) bond motifs is 4. The van der Waals surface area contributed by atoms with Crippen LogP contribution in [0, 0.1) is 41.2 Å². The number of alkyl halides is 1. The van der Waals surface area contributed by atoms with Crippen molar-refractivity contribution in [2.75, 3.05) is 37.7 Å². The van der Waals surface area contributed by atoms with Crippen LogP contribution in [0.4, 0.5) is 19.0 Å². The number of benzene rings is 3. The summed E-state index contributed by atoms with van der Waals surface area (Å²) in [6, 6.07) is 9.04. The van der Waals surface area contributed by atoms with E-state index in [-0.39, 0.29) is 46.0 Å². The lowest BCUT2D eigenvalue weighted by molar-refractivity contribution is 0.107. The quantitative estimate of drug-likeness (QED) is 0.266. The number of halogens is 3. The van der Waals surface area contributed by atoms with E-state index in [0.29, 0.717) is 46.8 Å². The average molecular weight is 599 g/mol. The van der Waals surface area contributed by atoms with Crippen LogP contribution in [0.3, 0.4) is 0 Å². The molecule has 8 rings (SSSR count). The average Bonchev–Trinajstić information content (AvgIpc) is 3.46. The Morgan fingerprint density at radius 3 is 2.64 bits per heavy atom. The Balaban J connectivity index is 1.26. The van der Waals surface area contributed by atoms with E-state index in [1.165, 1.54) is 24.3 Å². The number of hydrogen-bond acceptors (Lipinski definition) is 6. The zero-order valence-electron chi connectivity index (χ0n) is 24.7. The lowest BCUT2D eigenvalue weighted by atomic mass is 9.93. The molecule has 0 amide bonds. The molecule has 0 bridgehead atoms. The summed E-state index contributed by atoms with van der Waals surface area (Å²) in [5, 5.41) is 11.9. The molecule has 3 aliphatic heterocycles. The number of terminal acetylenes is 1. The van der Waals surface area contributed by atoms with Crippen LogP contribution in [0.1, 0.15) is 38.7 Å². The number of aromatic nitrogens is 2. The van der Waals surface area contributed by atoms with Crippen molar-refractivity contribution in [2.24, 2.45) is 17.3 Å². The summed E-state index contributed by atoms with van der Waals surface area (Å²) in [6.45, 7) is 7.60. The highest BCUT2D eigenvalue weighted by atomic mass is 19.1. The third-order valence-electron chi connectivity index (χ3n) is 10.9. The summed E-state index contributed by atoms with van der Waals surface area (Å²) in [5.74, 6) is 2.71. The highest BCUT2D eigenvalue weighted by Gasteiger charge is 2.62. The third kappa shape index (κ3) is 4.00. The zero-order chi connectivity index (χ0) is 30.5. The van der Waals surface area contributed by atoms with Crippen molar-refractivity contribution in [1.29, 1.82) is 0 Å². The second-order valence-electron chi connectivity index (χ2n) is 13.6. The molecule has 226 valence electrons. The molecule has 4 heterocycles. The minimum atomic E-state index is -0.901. The molecule has 3 aromatic carbocycles. The van der Waals surface area contributed by atoms with Crippen molar-refractivity contribution in [3.05, 3.63) is 53.6 Å². The van der Waals surface area contributed by atoms with Crippen LogP contribution in [0.25, 0.3) is 32.8 Å². The largest absolute Gasteiger partial charge is 0.508 e. The lowest BCUT2D eigenvalue weighted by Gasteiger charge is -2.31. The van der Waals surface area contributed by atoms with E-state index >= 15 is 4.39 Å². The topological polar surface area (TPSA) is 61.7 Å². The Morgan fingerprint density at radius 1 is 1.07 bits per heavy atom. The number of rotatable bonds is 5. The summed E-state index contributed by atoms with van der Waals surface area (Å²) in [4.78, 5) is 13.7. The molecule has 2 unspecified atom stereocenters. The first-order valence-electron chi connectivity index (χ1n) is 15.3. The highest BCUT2D eigenvalue weighted by Crippen LogP contribution is 2.62. The first-order valence-corrected chi connectivity index (χ1v) is 15.3. The van der Waals surface area contributed by atoms with Gasteiger partial charge in [0, 0.05) is 42.4 Å². The number of nitrogens with zero attached hydrogens (tertiary/aromatic N) is 4. The third-order valence-corrected chi connectivity index (χ3v) is 10.9. The Morgan fingerprint density at radius 2 is 1.86 bits per heavy atom. The van der Waals surface area contributed by atoms with E-state index in [1.807, 2.05) is 0 Å². The summed E-state index contributed by atoms with van der Waals surface area (Å²) < 4.78 is 52.2. The molecular formula is C35H33F3N4O2. The van der Waals surface area contributed by atoms with Crippen molar-refractivity contribution >= 4 is 27.5 Å². The monoisotopic (exact) mass is 598 g/mol. The van der Waals surface area contributed by atoms with Crippen molar-refractivity contribution < 1.29 is 23.0 Å². The van der Waals surface area contributed by atoms with Gasteiger partial charge in [-0.3, -0.25) is 4.90 Å². The van der Waals surface area contributed by atoms with Crippen LogP contribution in [-0.4, -0.2) is 64.5 Å². The van der Waals surface area contributed by atoms with Gasteiger partial charge in [0.1, 0.15) is 35.7 Å². The van der Waals surface area contributed by atoms with Crippen molar-refractivity contribution in [2.45, 2.75) is 44.8 Å². The molecule has 4 aliphatic rings. The molecule has 4 atom stereocenters. The number of phenols is 1. The molecule has 1 N–H and O–H groups in total. The maximum absolute atomic E-state index is 16.8. The molecule has 4 aromatic rings. The van der Waals surface area contributed by atoms with Gasteiger partial charge < -0.3 is 14.7 Å². The molecule has 6 nitrogen and oxygen atoms in total. The normalized spacial score (nSPS) is 27.1. The van der Waals surface area contributed by atoms with Crippen LogP contribution in [0.2, 0.25) is 0 Å². The van der Waals surface area contributed by atoms with Crippen LogP contribution in [0.15, 0.2) is 36.4 Å². The molecule has 1 saturated carbocycles. The Bertz CT molecular complexity index is 1890. The fraction of sp³-hybridized carbons (Fsp3) is 0.429. The SMILES string of the molecule is C#Cc1c(F)ccc2cc(O)cc(-c3ccc4c(N5CC6C(C5)C6(C)C)nc(OC[C@@]56CCCN5C[C@H](F)C6)nc4c3F)c12. The lowest BCUT2D eigenvalue weighted by Crippen LogP contribution is -2.43. The van der Waals surface area contributed by atoms with Crippen molar-refractivity contribution in [1.82, 2.24) is 14.9 Å². The van der Waals surface area contributed by atoms with Gasteiger partial charge in [0.15, 0.2) is 5.82 Å². The van der Waals surface area contributed by atoms with E-state index in [4.69, 9.17) is 16.1 Å². The van der Waals surface area contributed by atoms with Gasteiger partial charge in [0.2, 0.25) is 0 Å². The number of hydrogen-bond donors (Lipinski definition) is 1. The predicted molar refractivity (Wildman–Crippen MR) is 164 cm³/mol. The molecule has 44 heavy (non-hydrogen) atoms. The molecule has 1 aliphatic carbocycles. The fourth-order valence-electron chi connectivity index (χ4n) is 8.37. The molecule has 3 saturated heterocycles. The van der Waals surface area contributed by atoms with Gasteiger partial charge >= 0.3 is 6.01 Å². The summed E-state index contributed by atoms with van der Waals surface area (Å²) in [5.41, 5.74) is 0.304. The Kier molecular flexibility index (Phi) is 5.93. The minimum absolute atomic E-state index is 0.00796. The van der Waals surface area contributed by atoms with E-state index < -0.39 is 23.3 Å². The highest BCUT2D eigenvalue weighted by molar-refractivity contribution is 6.04. The molecule has 1 aromatic heterocycles. The van der Waals surface area contributed by atoms with Gasteiger partial charge in [-0.25, -0.2) is 13.2 Å². The smallest absolute Gasteiger partial charge is 0.319 e. The number of piperidine rings is 1. The Labute approximate surface area is 253 Å². The second kappa shape index (κ2) is 9.48. The molecule has 9 heteroatoms. The standard InChI is InChI=1S/C35H33F3N4O2/c1-4-22-28(37)9-6-19-12-21(43)13-25(29(19)22)23-7-8-24-31(30(23)38)39-33(40-32(24)41-16-26-27(17-41)34(26,2)3)44-18-35-10-5-11-42(35)15-20(36)14-35/h1,6-9,12-13,20,26-27,43H,5,10-11,14-18H2,2-3H3/t20-,26?,27?,35+/m1/s1. The predicted octanol–water partition coefficient (Wildman–Crippen LogP) is 6.46.